The molecule has 0 atom stereocenters. The third kappa shape index (κ3) is 7.78. The Hall–Kier alpha value is -8.66. The van der Waals surface area contributed by atoms with E-state index in [1.807, 2.05) is 109 Å². The predicted octanol–water partition coefficient (Wildman–Crippen LogP) is 13.5. The van der Waals surface area contributed by atoms with Crippen LogP contribution >= 0.6 is 0 Å². The zero-order chi connectivity index (χ0) is 41.7. The second-order valence-electron chi connectivity index (χ2n) is 14.8. The van der Waals surface area contributed by atoms with Crippen molar-refractivity contribution >= 4 is 0 Å². The fourth-order valence-electron chi connectivity index (χ4n) is 7.69. The van der Waals surface area contributed by atoms with Crippen molar-refractivity contribution in [2.24, 2.45) is 0 Å². The molecule has 0 aliphatic carbocycles. The first kappa shape index (κ1) is 37.6. The molecule has 0 N–H and O–H groups in total. The molecule has 0 saturated carbocycles. The summed E-state index contributed by atoms with van der Waals surface area (Å²) >= 11 is 0. The normalized spacial score (nSPS) is 10.9. The van der Waals surface area contributed by atoms with Crippen molar-refractivity contribution in [3.8, 4) is 108 Å². The molecule has 10 aromatic rings. The smallest absolute Gasteiger partial charge is 0.164 e. The average molecular weight is 793 g/mol. The summed E-state index contributed by atoms with van der Waals surface area (Å²) in [6.07, 6.45) is 0. The van der Waals surface area contributed by atoms with Gasteiger partial charge in [0.15, 0.2) is 23.3 Å². The molecule has 0 unspecified atom stereocenters. The third-order valence-corrected chi connectivity index (χ3v) is 10.8. The first-order chi connectivity index (χ1) is 30.7. The highest BCUT2D eigenvalue weighted by atomic mass is 15.0. The van der Waals surface area contributed by atoms with E-state index in [0.29, 0.717) is 28.9 Å². The van der Waals surface area contributed by atoms with Crippen LogP contribution in [0.2, 0.25) is 0 Å². The van der Waals surface area contributed by atoms with Gasteiger partial charge in [-0.2, -0.15) is 5.26 Å². The number of hydrogen-bond donors (Lipinski definition) is 0. The fourth-order valence-corrected chi connectivity index (χ4v) is 7.69. The first-order valence-electron chi connectivity index (χ1n) is 20.4. The van der Waals surface area contributed by atoms with Crippen LogP contribution in [-0.2, 0) is 0 Å². The van der Waals surface area contributed by atoms with Crippen molar-refractivity contribution < 1.29 is 0 Å². The molecule has 8 aromatic carbocycles. The monoisotopic (exact) mass is 792 g/mol. The molecule has 62 heavy (non-hydrogen) atoms. The number of hydrogen-bond acceptors (Lipinski definition) is 6. The van der Waals surface area contributed by atoms with Gasteiger partial charge in [0.05, 0.1) is 23.0 Å². The van der Waals surface area contributed by atoms with Gasteiger partial charge in [0, 0.05) is 33.4 Å². The lowest BCUT2D eigenvalue weighted by atomic mass is 9.91. The summed E-state index contributed by atoms with van der Waals surface area (Å²) in [4.78, 5) is 25.4. The molecule has 0 amide bonds. The number of nitriles is 1. The molecule has 0 aliphatic heterocycles. The van der Waals surface area contributed by atoms with E-state index in [1.165, 1.54) is 0 Å². The van der Waals surface area contributed by atoms with Crippen LogP contribution in [0.3, 0.4) is 0 Å². The van der Waals surface area contributed by atoms with Crippen molar-refractivity contribution in [1.29, 1.82) is 5.26 Å². The number of benzene rings is 8. The van der Waals surface area contributed by atoms with Crippen molar-refractivity contribution in [1.82, 2.24) is 24.9 Å². The Morgan fingerprint density at radius 2 is 0.661 bits per heavy atom. The molecule has 0 aliphatic rings. The maximum atomic E-state index is 9.35. The Morgan fingerprint density at radius 3 is 1.26 bits per heavy atom. The Morgan fingerprint density at radius 1 is 0.258 bits per heavy atom. The first-order valence-corrected chi connectivity index (χ1v) is 20.4. The Bertz CT molecular complexity index is 3160. The summed E-state index contributed by atoms with van der Waals surface area (Å²) in [6, 6.07) is 75.8. The van der Waals surface area contributed by atoms with Crippen LogP contribution in [0.25, 0.3) is 101 Å². The molecule has 0 bridgehead atoms. The van der Waals surface area contributed by atoms with Gasteiger partial charge in [0.25, 0.3) is 0 Å². The van der Waals surface area contributed by atoms with Gasteiger partial charge >= 0.3 is 0 Å². The van der Waals surface area contributed by atoms with Crippen LogP contribution in [-0.4, -0.2) is 24.9 Å². The summed E-state index contributed by atoms with van der Waals surface area (Å²) in [6.45, 7) is 0. The van der Waals surface area contributed by atoms with Crippen LogP contribution < -0.4 is 0 Å². The van der Waals surface area contributed by atoms with Crippen molar-refractivity contribution in [3.63, 3.8) is 0 Å². The summed E-state index contributed by atoms with van der Waals surface area (Å²) in [5.41, 5.74) is 14.2. The fraction of sp³-hybridized carbons (Fsp3) is 0. The van der Waals surface area contributed by atoms with E-state index in [2.05, 4.69) is 115 Å². The minimum Gasteiger partial charge on any atom is -0.228 e. The Balaban J connectivity index is 1.05. The number of aromatic nitrogens is 5. The molecular formula is C56H36N6. The van der Waals surface area contributed by atoms with Gasteiger partial charge in [0.2, 0.25) is 0 Å². The maximum Gasteiger partial charge on any atom is 0.164 e. The van der Waals surface area contributed by atoms with E-state index in [0.717, 1.165) is 78.1 Å². The van der Waals surface area contributed by atoms with Crippen molar-refractivity contribution in [2.75, 3.05) is 0 Å². The largest absolute Gasteiger partial charge is 0.228 e. The standard InChI is InChI=1S/C56H36N6/c57-37-38-27-29-39(30-28-38)45-21-14-22-46(35-45)55-60-54(43-19-8-3-9-20-43)61-56(62-55)50-26-13-12-25-49(50)48-24-11-10-23-47(48)40-31-33-44(34-32-40)53-58-51(41-15-4-1-5-16-41)36-52(59-53)42-17-6-2-7-18-42/h1-36H. The van der Waals surface area contributed by atoms with Gasteiger partial charge in [-0.15, -0.1) is 0 Å². The van der Waals surface area contributed by atoms with Gasteiger partial charge in [-0.25, -0.2) is 24.9 Å². The van der Waals surface area contributed by atoms with Gasteiger partial charge in [-0.1, -0.05) is 194 Å². The van der Waals surface area contributed by atoms with Gasteiger partial charge in [0.1, 0.15) is 0 Å². The van der Waals surface area contributed by atoms with E-state index >= 15 is 0 Å². The van der Waals surface area contributed by atoms with E-state index in [1.54, 1.807) is 0 Å². The highest BCUT2D eigenvalue weighted by Gasteiger charge is 2.18. The van der Waals surface area contributed by atoms with Crippen molar-refractivity contribution in [2.45, 2.75) is 0 Å². The quantitative estimate of drug-likeness (QED) is 0.145. The highest BCUT2D eigenvalue weighted by Crippen LogP contribution is 2.39. The molecule has 6 heteroatoms. The lowest BCUT2D eigenvalue weighted by Crippen LogP contribution is -2.01. The van der Waals surface area contributed by atoms with Crippen LogP contribution in [0.4, 0.5) is 0 Å². The van der Waals surface area contributed by atoms with Crippen LogP contribution in [0.1, 0.15) is 5.56 Å². The molecule has 6 nitrogen and oxygen atoms in total. The van der Waals surface area contributed by atoms with Crippen LogP contribution in [0.5, 0.6) is 0 Å². The van der Waals surface area contributed by atoms with Crippen molar-refractivity contribution in [3.05, 3.63) is 224 Å². The van der Waals surface area contributed by atoms with Gasteiger partial charge < -0.3 is 0 Å². The topological polar surface area (TPSA) is 88.2 Å². The molecule has 0 radical (unpaired) electrons. The van der Waals surface area contributed by atoms with E-state index in [-0.39, 0.29) is 0 Å². The minimum absolute atomic E-state index is 0.567. The predicted molar refractivity (Wildman–Crippen MR) is 249 cm³/mol. The maximum absolute atomic E-state index is 9.35. The highest BCUT2D eigenvalue weighted by molar-refractivity contribution is 5.91. The molecular weight excluding hydrogens is 757 g/mol. The van der Waals surface area contributed by atoms with Crippen LogP contribution in [0.15, 0.2) is 218 Å². The molecule has 290 valence electrons. The lowest BCUT2D eigenvalue weighted by molar-refractivity contribution is 1.07. The number of nitrogens with zero attached hydrogens (tertiary/aromatic N) is 6. The molecule has 0 fully saturated rings. The zero-order valence-corrected chi connectivity index (χ0v) is 33.5. The Kier molecular flexibility index (Phi) is 10.3. The third-order valence-electron chi connectivity index (χ3n) is 10.8. The molecule has 0 spiro atoms. The minimum atomic E-state index is 0.567. The summed E-state index contributed by atoms with van der Waals surface area (Å²) in [5, 5.41) is 9.35. The lowest BCUT2D eigenvalue weighted by Gasteiger charge is -2.15. The SMILES string of the molecule is N#Cc1ccc(-c2cccc(-c3nc(-c4ccccc4)nc(-c4ccccc4-c4ccccc4-c4ccc(-c5nc(-c6ccccc6)cc(-c6ccccc6)n5)cc4)n3)c2)cc1. The van der Waals surface area contributed by atoms with Gasteiger partial charge in [-0.3, -0.25) is 0 Å². The van der Waals surface area contributed by atoms with E-state index in [4.69, 9.17) is 24.9 Å². The summed E-state index contributed by atoms with van der Waals surface area (Å²) in [7, 11) is 0. The average Bonchev–Trinajstić information content (AvgIpc) is 3.37. The molecule has 0 saturated heterocycles. The summed E-state index contributed by atoms with van der Waals surface area (Å²) < 4.78 is 0. The van der Waals surface area contributed by atoms with E-state index in [9.17, 15) is 5.26 Å². The number of rotatable bonds is 9. The Labute approximate surface area is 360 Å². The second kappa shape index (κ2) is 16.9. The molecule has 2 aromatic heterocycles. The summed E-state index contributed by atoms with van der Waals surface area (Å²) in [5.74, 6) is 2.39. The van der Waals surface area contributed by atoms with Crippen LogP contribution in [0, 0.1) is 11.3 Å². The second-order valence-corrected chi connectivity index (χ2v) is 14.8. The van der Waals surface area contributed by atoms with E-state index < -0.39 is 0 Å². The molecule has 10 rings (SSSR count). The van der Waals surface area contributed by atoms with Gasteiger partial charge in [-0.05, 0) is 57.6 Å². The molecule has 2 heterocycles. The zero-order valence-electron chi connectivity index (χ0n) is 33.5.